The van der Waals surface area contributed by atoms with Crippen molar-refractivity contribution >= 4 is 0 Å². The van der Waals surface area contributed by atoms with E-state index in [2.05, 4.69) is 25.8 Å². The second kappa shape index (κ2) is 2.73. The third-order valence-corrected chi connectivity index (χ3v) is 4.30. The predicted molar refractivity (Wildman–Crippen MR) is 52.2 cm³/mol. The van der Waals surface area contributed by atoms with E-state index in [1.807, 2.05) is 0 Å². The van der Waals surface area contributed by atoms with E-state index in [1.54, 1.807) is 0 Å². The van der Waals surface area contributed by atoms with Crippen molar-refractivity contribution in [2.75, 3.05) is 7.05 Å². The molecule has 0 amide bonds. The summed E-state index contributed by atoms with van der Waals surface area (Å²) in [5.74, 6) is 0. The van der Waals surface area contributed by atoms with E-state index in [9.17, 15) is 0 Å². The highest BCUT2D eigenvalue weighted by atomic mass is 15.2. The molecule has 1 heteroatoms. The maximum Gasteiger partial charge on any atom is 0.0101 e. The highest BCUT2D eigenvalue weighted by Gasteiger charge is 2.43. The molecular formula is C11H21N. The maximum absolute atomic E-state index is 2.62. The Labute approximate surface area is 76.1 Å². The van der Waals surface area contributed by atoms with Gasteiger partial charge in [0.2, 0.25) is 0 Å². The van der Waals surface area contributed by atoms with Crippen molar-refractivity contribution in [3.05, 3.63) is 0 Å². The van der Waals surface area contributed by atoms with Crippen molar-refractivity contribution in [2.45, 2.75) is 58.0 Å². The molecule has 0 spiro atoms. The first-order valence-corrected chi connectivity index (χ1v) is 5.36. The van der Waals surface area contributed by atoms with E-state index in [4.69, 9.17) is 0 Å². The molecule has 2 rings (SSSR count). The first-order chi connectivity index (χ1) is 5.64. The zero-order valence-electron chi connectivity index (χ0n) is 8.64. The Balaban J connectivity index is 2.12. The number of hydrogen-bond donors (Lipinski definition) is 0. The summed E-state index contributed by atoms with van der Waals surface area (Å²) in [5, 5.41) is 0. The molecule has 2 saturated heterocycles. The Bertz CT molecular complexity index is 162. The SMILES string of the molecule is CCC1(C)CC2CCC(C1)N2C. The summed E-state index contributed by atoms with van der Waals surface area (Å²) < 4.78 is 0. The molecule has 0 N–H and O–H groups in total. The second-order valence-corrected chi connectivity index (χ2v) is 5.12. The molecule has 2 unspecified atom stereocenters. The molecule has 2 aliphatic rings. The zero-order chi connectivity index (χ0) is 8.77. The molecule has 2 aliphatic heterocycles. The summed E-state index contributed by atoms with van der Waals surface area (Å²) in [6, 6.07) is 1.82. The minimum Gasteiger partial charge on any atom is -0.300 e. The quantitative estimate of drug-likeness (QED) is 0.580. The van der Waals surface area contributed by atoms with Crippen LogP contribution < -0.4 is 0 Å². The zero-order valence-corrected chi connectivity index (χ0v) is 8.64. The van der Waals surface area contributed by atoms with E-state index < -0.39 is 0 Å². The molecule has 2 bridgehead atoms. The average Bonchev–Trinajstić information content (AvgIpc) is 2.32. The van der Waals surface area contributed by atoms with E-state index in [0.717, 1.165) is 12.1 Å². The number of hydrogen-bond acceptors (Lipinski definition) is 1. The first kappa shape index (κ1) is 8.55. The van der Waals surface area contributed by atoms with Gasteiger partial charge in [0.25, 0.3) is 0 Å². The fourth-order valence-electron chi connectivity index (χ4n) is 3.09. The Morgan fingerprint density at radius 3 is 2.17 bits per heavy atom. The molecule has 0 aromatic rings. The predicted octanol–water partition coefficient (Wildman–Crippen LogP) is 2.66. The minimum absolute atomic E-state index is 0.665. The van der Waals surface area contributed by atoms with Crippen LogP contribution in [0.2, 0.25) is 0 Å². The van der Waals surface area contributed by atoms with Crippen molar-refractivity contribution in [3.63, 3.8) is 0 Å². The summed E-state index contributed by atoms with van der Waals surface area (Å²) in [5.41, 5.74) is 0.665. The lowest BCUT2D eigenvalue weighted by molar-refractivity contribution is 0.0702. The number of nitrogens with zero attached hydrogens (tertiary/aromatic N) is 1. The van der Waals surface area contributed by atoms with Crippen molar-refractivity contribution in [1.82, 2.24) is 4.90 Å². The van der Waals surface area contributed by atoms with Crippen LogP contribution >= 0.6 is 0 Å². The topological polar surface area (TPSA) is 3.24 Å². The summed E-state index contributed by atoms with van der Waals surface area (Å²) in [6.45, 7) is 4.83. The lowest BCUT2D eigenvalue weighted by Gasteiger charge is -2.43. The Kier molecular flexibility index (Phi) is 1.95. The fraction of sp³-hybridized carbons (Fsp3) is 1.00. The lowest BCUT2D eigenvalue weighted by atomic mass is 9.75. The second-order valence-electron chi connectivity index (χ2n) is 5.12. The highest BCUT2D eigenvalue weighted by molar-refractivity contribution is 4.97. The monoisotopic (exact) mass is 167 g/mol. The van der Waals surface area contributed by atoms with Crippen LogP contribution in [-0.4, -0.2) is 24.0 Å². The third kappa shape index (κ3) is 1.19. The van der Waals surface area contributed by atoms with Crippen molar-refractivity contribution < 1.29 is 0 Å². The van der Waals surface area contributed by atoms with E-state index in [1.165, 1.54) is 32.1 Å². The van der Waals surface area contributed by atoms with Gasteiger partial charge in [-0.1, -0.05) is 20.3 Å². The Hall–Kier alpha value is -0.0400. The number of rotatable bonds is 1. The van der Waals surface area contributed by atoms with Gasteiger partial charge in [0.1, 0.15) is 0 Å². The molecule has 0 aliphatic carbocycles. The number of fused-ring (bicyclic) bond motifs is 2. The van der Waals surface area contributed by atoms with E-state index >= 15 is 0 Å². The lowest BCUT2D eigenvalue weighted by Crippen LogP contribution is -2.44. The summed E-state index contributed by atoms with van der Waals surface area (Å²) >= 11 is 0. The maximum atomic E-state index is 2.62. The summed E-state index contributed by atoms with van der Waals surface area (Å²) in [6.07, 6.45) is 7.16. The van der Waals surface area contributed by atoms with E-state index in [0.29, 0.717) is 5.41 Å². The minimum atomic E-state index is 0.665. The van der Waals surface area contributed by atoms with Crippen LogP contribution in [0.15, 0.2) is 0 Å². The van der Waals surface area contributed by atoms with Gasteiger partial charge >= 0.3 is 0 Å². The van der Waals surface area contributed by atoms with Gasteiger partial charge in [0.15, 0.2) is 0 Å². The van der Waals surface area contributed by atoms with Crippen molar-refractivity contribution in [1.29, 1.82) is 0 Å². The smallest absolute Gasteiger partial charge is 0.0101 e. The van der Waals surface area contributed by atoms with Gasteiger partial charge in [-0.3, -0.25) is 0 Å². The molecular weight excluding hydrogens is 146 g/mol. The third-order valence-electron chi connectivity index (χ3n) is 4.30. The van der Waals surface area contributed by atoms with Gasteiger partial charge in [-0.25, -0.2) is 0 Å². The van der Waals surface area contributed by atoms with Crippen LogP contribution in [-0.2, 0) is 0 Å². The molecule has 0 saturated carbocycles. The average molecular weight is 167 g/mol. The van der Waals surface area contributed by atoms with Crippen molar-refractivity contribution in [3.8, 4) is 0 Å². The highest BCUT2D eigenvalue weighted by Crippen LogP contribution is 2.46. The molecule has 1 nitrogen and oxygen atoms in total. The van der Waals surface area contributed by atoms with Gasteiger partial charge in [-0.15, -0.1) is 0 Å². The van der Waals surface area contributed by atoms with Crippen LogP contribution in [0.4, 0.5) is 0 Å². The molecule has 2 fully saturated rings. The summed E-state index contributed by atoms with van der Waals surface area (Å²) in [7, 11) is 2.32. The fourth-order valence-corrected chi connectivity index (χ4v) is 3.09. The first-order valence-electron chi connectivity index (χ1n) is 5.36. The van der Waals surface area contributed by atoms with Gasteiger partial charge in [-0.05, 0) is 38.1 Å². The molecule has 2 heterocycles. The molecule has 0 radical (unpaired) electrons. The number of piperidine rings is 1. The van der Waals surface area contributed by atoms with Gasteiger partial charge in [0.05, 0.1) is 0 Å². The van der Waals surface area contributed by atoms with Crippen LogP contribution in [0.1, 0.15) is 46.0 Å². The standard InChI is InChI=1S/C11H21N/c1-4-11(2)7-9-5-6-10(8-11)12(9)3/h9-10H,4-8H2,1-3H3. The summed E-state index contributed by atoms with van der Waals surface area (Å²) in [4.78, 5) is 2.62. The Morgan fingerprint density at radius 1 is 1.25 bits per heavy atom. The van der Waals surface area contributed by atoms with Crippen LogP contribution in [0, 0.1) is 5.41 Å². The van der Waals surface area contributed by atoms with Gasteiger partial charge < -0.3 is 4.90 Å². The van der Waals surface area contributed by atoms with Crippen LogP contribution in [0.5, 0.6) is 0 Å². The molecule has 0 aromatic heterocycles. The largest absolute Gasteiger partial charge is 0.300 e. The normalized spacial score (nSPS) is 48.2. The van der Waals surface area contributed by atoms with Gasteiger partial charge in [0, 0.05) is 12.1 Å². The van der Waals surface area contributed by atoms with E-state index in [-0.39, 0.29) is 0 Å². The van der Waals surface area contributed by atoms with Crippen LogP contribution in [0.3, 0.4) is 0 Å². The molecule has 70 valence electrons. The van der Waals surface area contributed by atoms with Gasteiger partial charge in [-0.2, -0.15) is 0 Å². The van der Waals surface area contributed by atoms with Crippen LogP contribution in [0.25, 0.3) is 0 Å². The Morgan fingerprint density at radius 2 is 1.75 bits per heavy atom. The molecule has 2 atom stereocenters. The van der Waals surface area contributed by atoms with Crippen molar-refractivity contribution in [2.24, 2.45) is 5.41 Å². The molecule has 0 aromatic carbocycles. The molecule has 12 heavy (non-hydrogen) atoms.